The maximum absolute atomic E-state index is 12.5. The van der Waals surface area contributed by atoms with E-state index < -0.39 is 5.54 Å². The second-order valence-electron chi connectivity index (χ2n) is 6.57. The summed E-state index contributed by atoms with van der Waals surface area (Å²) >= 11 is 0. The summed E-state index contributed by atoms with van der Waals surface area (Å²) in [7, 11) is 3.32. The Morgan fingerprint density at radius 2 is 1.70 bits per heavy atom. The normalized spacial score (nSPS) is 21.5. The van der Waals surface area contributed by atoms with Crippen LogP contribution in [0, 0.1) is 0 Å². The van der Waals surface area contributed by atoms with Crippen molar-refractivity contribution in [3.05, 3.63) is 29.8 Å². The summed E-state index contributed by atoms with van der Waals surface area (Å²) in [4.78, 5) is 29.7. The summed E-state index contributed by atoms with van der Waals surface area (Å²) in [5.41, 5.74) is 7.13. The van der Waals surface area contributed by atoms with Crippen molar-refractivity contribution in [1.29, 1.82) is 0 Å². The van der Waals surface area contributed by atoms with E-state index in [2.05, 4.69) is 17.0 Å². The summed E-state index contributed by atoms with van der Waals surface area (Å²) in [6, 6.07) is 7.78. The van der Waals surface area contributed by atoms with Crippen LogP contribution in [0.3, 0.4) is 0 Å². The van der Waals surface area contributed by atoms with Crippen molar-refractivity contribution < 1.29 is 9.59 Å². The summed E-state index contributed by atoms with van der Waals surface area (Å²) < 4.78 is 0. The Kier molecular flexibility index (Phi) is 4.02. The summed E-state index contributed by atoms with van der Waals surface area (Å²) in [6.45, 7) is 2.64. The predicted molar refractivity (Wildman–Crippen MR) is 88.9 cm³/mol. The van der Waals surface area contributed by atoms with Crippen molar-refractivity contribution in [3.63, 3.8) is 0 Å². The first-order chi connectivity index (χ1) is 10.9. The molecule has 6 heteroatoms. The zero-order valence-electron chi connectivity index (χ0n) is 13.8. The number of rotatable bonds is 3. The van der Waals surface area contributed by atoms with Gasteiger partial charge < -0.3 is 15.5 Å². The molecule has 0 radical (unpaired) electrons. The number of benzene rings is 1. The van der Waals surface area contributed by atoms with Crippen molar-refractivity contribution in [3.8, 4) is 0 Å². The third-order valence-electron chi connectivity index (χ3n) is 5.30. The van der Waals surface area contributed by atoms with E-state index in [1.165, 1.54) is 10.5 Å². The number of hydrogen-bond donors (Lipinski definition) is 1. The third kappa shape index (κ3) is 2.67. The number of anilines is 1. The van der Waals surface area contributed by atoms with E-state index in [9.17, 15) is 9.59 Å². The Labute approximate surface area is 136 Å². The van der Waals surface area contributed by atoms with Crippen LogP contribution in [0.4, 0.5) is 10.5 Å². The van der Waals surface area contributed by atoms with Gasteiger partial charge in [0.25, 0.3) is 5.91 Å². The zero-order chi connectivity index (χ0) is 16.6. The largest absolute Gasteiger partial charge is 0.399 e. The van der Waals surface area contributed by atoms with E-state index in [-0.39, 0.29) is 11.9 Å². The van der Waals surface area contributed by atoms with Gasteiger partial charge in [0.15, 0.2) is 0 Å². The van der Waals surface area contributed by atoms with Crippen LogP contribution in [-0.2, 0) is 11.2 Å². The van der Waals surface area contributed by atoms with Gasteiger partial charge in [-0.2, -0.15) is 0 Å². The number of imide groups is 1. The molecule has 1 spiro atoms. The van der Waals surface area contributed by atoms with Crippen LogP contribution in [0.5, 0.6) is 0 Å². The number of carbonyl (C=O) groups excluding carboxylic acids is 2. The molecule has 0 bridgehead atoms. The first-order valence-electron chi connectivity index (χ1n) is 8.07. The highest BCUT2D eigenvalue weighted by Gasteiger charge is 2.55. The summed E-state index contributed by atoms with van der Waals surface area (Å²) in [6.07, 6.45) is 2.39. The number of likely N-dealkylation sites (tertiary alicyclic amines) is 1. The molecule has 1 aromatic carbocycles. The fourth-order valence-corrected chi connectivity index (χ4v) is 3.62. The van der Waals surface area contributed by atoms with Gasteiger partial charge in [-0.25, -0.2) is 4.79 Å². The molecule has 0 unspecified atom stereocenters. The van der Waals surface area contributed by atoms with Gasteiger partial charge in [0.05, 0.1) is 0 Å². The molecule has 124 valence electrons. The van der Waals surface area contributed by atoms with Gasteiger partial charge in [-0.15, -0.1) is 0 Å². The number of carbonyl (C=O) groups is 2. The molecule has 0 saturated carbocycles. The Balaban J connectivity index is 1.57. The first kappa shape index (κ1) is 15.8. The summed E-state index contributed by atoms with van der Waals surface area (Å²) in [5.74, 6) is -0.0526. The van der Waals surface area contributed by atoms with Gasteiger partial charge in [-0.1, -0.05) is 12.1 Å². The molecule has 23 heavy (non-hydrogen) atoms. The molecule has 3 rings (SSSR count). The highest BCUT2D eigenvalue weighted by atomic mass is 16.2. The molecule has 2 heterocycles. The van der Waals surface area contributed by atoms with Crippen LogP contribution >= 0.6 is 0 Å². The van der Waals surface area contributed by atoms with Crippen LogP contribution in [0.15, 0.2) is 24.3 Å². The van der Waals surface area contributed by atoms with Crippen molar-refractivity contribution >= 4 is 17.6 Å². The van der Waals surface area contributed by atoms with Gasteiger partial charge in [0.1, 0.15) is 5.54 Å². The minimum atomic E-state index is -0.621. The molecule has 2 aliphatic heterocycles. The van der Waals surface area contributed by atoms with E-state index in [1.54, 1.807) is 19.0 Å². The van der Waals surface area contributed by atoms with E-state index >= 15 is 0 Å². The van der Waals surface area contributed by atoms with E-state index in [1.807, 2.05) is 12.1 Å². The quantitative estimate of drug-likeness (QED) is 0.671. The number of hydrogen-bond acceptors (Lipinski definition) is 4. The molecule has 2 aliphatic rings. The Morgan fingerprint density at radius 3 is 2.22 bits per heavy atom. The number of piperidine rings is 1. The van der Waals surface area contributed by atoms with E-state index in [0.717, 1.165) is 31.7 Å². The Hall–Kier alpha value is -2.08. The maximum atomic E-state index is 12.5. The lowest BCUT2D eigenvalue weighted by atomic mass is 9.86. The maximum Gasteiger partial charge on any atom is 0.327 e. The van der Waals surface area contributed by atoms with Gasteiger partial charge in [0.2, 0.25) is 0 Å². The van der Waals surface area contributed by atoms with Gasteiger partial charge in [0, 0.05) is 39.4 Å². The number of nitrogen functional groups attached to an aromatic ring is 1. The Bertz CT molecular complexity index is 606. The molecular weight excluding hydrogens is 292 g/mol. The highest BCUT2D eigenvalue weighted by Crippen LogP contribution is 2.35. The topological polar surface area (TPSA) is 69.9 Å². The Morgan fingerprint density at radius 1 is 1.09 bits per heavy atom. The first-order valence-corrected chi connectivity index (χ1v) is 8.07. The number of urea groups is 1. The smallest absolute Gasteiger partial charge is 0.327 e. The van der Waals surface area contributed by atoms with Gasteiger partial charge in [-0.3, -0.25) is 9.69 Å². The average molecular weight is 316 g/mol. The van der Waals surface area contributed by atoms with Crippen LogP contribution < -0.4 is 5.73 Å². The van der Waals surface area contributed by atoms with Crippen molar-refractivity contribution in [2.24, 2.45) is 0 Å². The minimum Gasteiger partial charge on any atom is -0.399 e. The molecule has 1 aromatic rings. The lowest BCUT2D eigenvalue weighted by Gasteiger charge is -2.40. The predicted octanol–water partition coefficient (Wildman–Crippen LogP) is 1.17. The molecule has 0 aliphatic carbocycles. The van der Waals surface area contributed by atoms with E-state index in [0.29, 0.717) is 12.8 Å². The zero-order valence-corrected chi connectivity index (χ0v) is 13.8. The van der Waals surface area contributed by atoms with Crippen molar-refractivity contribution in [1.82, 2.24) is 14.7 Å². The molecular formula is C17H24N4O2. The SMILES string of the molecule is CN1C(=O)N(C)C2(CCN(CCc3ccc(N)cc3)CC2)C1=O. The van der Waals surface area contributed by atoms with Crippen LogP contribution in [-0.4, -0.2) is 65.9 Å². The van der Waals surface area contributed by atoms with Gasteiger partial charge in [-0.05, 0) is 37.0 Å². The van der Waals surface area contributed by atoms with Crippen molar-refractivity contribution in [2.45, 2.75) is 24.8 Å². The average Bonchev–Trinajstić information content (AvgIpc) is 2.72. The summed E-state index contributed by atoms with van der Waals surface area (Å²) in [5, 5.41) is 0. The number of nitrogens with two attached hydrogens (primary N) is 1. The van der Waals surface area contributed by atoms with Crippen LogP contribution in [0.1, 0.15) is 18.4 Å². The molecule has 2 N–H and O–H groups in total. The lowest BCUT2D eigenvalue weighted by molar-refractivity contribution is -0.134. The molecule has 0 atom stereocenters. The fraction of sp³-hybridized carbons (Fsp3) is 0.529. The molecule has 2 fully saturated rings. The second kappa shape index (κ2) is 5.85. The molecule has 0 aromatic heterocycles. The van der Waals surface area contributed by atoms with E-state index in [4.69, 9.17) is 5.73 Å². The fourth-order valence-electron chi connectivity index (χ4n) is 3.62. The number of nitrogens with zero attached hydrogens (tertiary/aromatic N) is 3. The van der Waals surface area contributed by atoms with Crippen LogP contribution in [0.25, 0.3) is 0 Å². The molecule has 6 nitrogen and oxygen atoms in total. The monoisotopic (exact) mass is 316 g/mol. The number of amides is 3. The minimum absolute atomic E-state index is 0.0526. The standard InChI is InChI=1S/C17H24N4O2/c1-19-15(22)17(20(2)16(19)23)8-11-21(12-9-17)10-7-13-3-5-14(18)6-4-13/h3-6H,7-12,18H2,1-2H3. The van der Waals surface area contributed by atoms with Crippen LogP contribution in [0.2, 0.25) is 0 Å². The van der Waals surface area contributed by atoms with Crippen molar-refractivity contribution in [2.75, 3.05) is 39.5 Å². The molecule has 3 amide bonds. The molecule has 2 saturated heterocycles. The highest BCUT2D eigenvalue weighted by molar-refractivity contribution is 6.06. The second-order valence-corrected chi connectivity index (χ2v) is 6.57. The van der Waals surface area contributed by atoms with Gasteiger partial charge >= 0.3 is 6.03 Å². The number of likely N-dealkylation sites (N-methyl/N-ethyl adjacent to an activating group) is 2. The third-order valence-corrected chi connectivity index (χ3v) is 5.30. The lowest BCUT2D eigenvalue weighted by Crippen LogP contribution is -2.55.